The first-order valence-electron chi connectivity index (χ1n) is 7.17. The molecule has 0 unspecified atom stereocenters. The van der Waals surface area contributed by atoms with Gasteiger partial charge in [0.15, 0.2) is 0 Å². The number of nitrogens with zero attached hydrogens (tertiary/aromatic N) is 3. The predicted molar refractivity (Wildman–Crippen MR) is 80.6 cm³/mol. The molecular weight excluding hydrogens is 264 g/mol. The summed E-state index contributed by atoms with van der Waals surface area (Å²) in [6, 6.07) is 8.09. The molecule has 21 heavy (non-hydrogen) atoms. The van der Waals surface area contributed by atoms with Gasteiger partial charge in [0.1, 0.15) is 12.4 Å². The van der Waals surface area contributed by atoms with Crippen LogP contribution in [-0.4, -0.2) is 20.9 Å². The van der Waals surface area contributed by atoms with Crippen LogP contribution in [0.15, 0.2) is 42.9 Å². The largest absolute Gasteiger partial charge is 0.485 e. The molecule has 3 aromatic rings. The fourth-order valence-electron chi connectivity index (χ4n) is 2.70. The summed E-state index contributed by atoms with van der Waals surface area (Å²) in [5.74, 6) is 1.60. The Labute approximate surface area is 122 Å². The van der Waals surface area contributed by atoms with Crippen LogP contribution in [0.3, 0.4) is 0 Å². The number of fused-ring (bicyclic) bond motifs is 2. The van der Waals surface area contributed by atoms with E-state index in [1.807, 2.05) is 35.0 Å². The zero-order valence-electron chi connectivity index (χ0n) is 11.6. The summed E-state index contributed by atoms with van der Waals surface area (Å²) in [5, 5.41) is 3.43. The third-order valence-electron chi connectivity index (χ3n) is 3.70. The minimum absolute atomic E-state index is 0.446. The summed E-state index contributed by atoms with van der Waals surface area (Å²) in [6.45, 7) is 1.45. The number of para-hydroxylation sites is 1. The van der Waals surface area contributed by atoms with Gasteiger partial charge in [0.05, 0.1) is 11.4 Å². The van der Waals surface area contributed by atoms with E-state index in [-0.39, 0.29) is 0 Å². The summed E-state index contributed by atoms with van der Waals surface area (Å²) < 4.78 is 7.85. The van der Waals surface area contributed by atoms with Crippen molar-refractivity contribution in [1.29, 1.82) is 0 Å². The zero-order chi connectivity index (χ0) is 14.1. The van der Waals surface area contributed by atoms with Crippen LogP contribution in [0, 0.1) is 0 Å². The summed E-state index contributed by atoms with van der Waals surface area (Å²) in [4.78, 5) is 8.66. The highest BCUT2D eigenvalue weighted by atomic mass is 16.5. The van der Waals surface area contributed by atoms with Gasteiger partial charge in [0, 0.05) is 25.1 Å². The first kappa shape index (κ1) is 12.2. The van der Waals surface area contributed by atoms with E-state index in [4.69, 9.17) is 4.74 Å². The number of hydrogen-bond acceptors (Lipinski definition) is 4. The van der Waals surface area contributed by atoms with E-state index in [0.717, 1.165) is 30.1 Å². The fourth-order valence-corrected chi connectivity index (χ4v) is 2.70. The molecule has 0 saturated carbocycles. The Morgan fingerprint density at radius 1 is 1.29 bits per heavy atom. The molecule has 0 bridgehead atoms. The van der Waals surface area contributed by atoms with Gasteiger partial charge in [-0.25, -0.2) is 9.97 Å². The number of imidazole rings is 1. The first-order chi connectivity index (χ1) is 10.4. The highest BCUT2D eigenvalue weighted by Crippen LogP contribution is 2.32. The van der Waals surface area contributed by atoms with Gasteiger partial charge in [0.2, 0.25) is 5.78 Å². The van der Waals surface area contributed by atoms with Crippen LogP contribution in [0.2, 0.25) is 0 Å². The van der Waals surface area contributed by atoms with Crippen molar-refractivity contribution >= 4 is 11.5 Å². The van der Waals surface area contributed by atoms with Crippen molar-refractivity contribution in [1.82, 2.24) is 14.4 Å². The molecule has 1 aliphatic heterocycles. The number of aryl methyl sites for hydroxylation is 1. The Hall–Kier alpha value is -2.56. The molecule has 0 saturated heterocycles. The highest BCUT2D eigenvalue weighted by molar-refractivity contribution is 5.63. The Morgan fingerprint density at radius 2 is 2.29 bits per heavy atom. The number of anilines is 1. The average Bonchev–Trinajstić information content (AvgIpc) is 2.96. The fraction of sp³-hybridized carbons (Fsp3) is 0.250. The molecule has 0 spiro atoms. The lowest BCUT2D eigenvalue weighted by molar-refractivity contribution is 0.303. The molecular formula is C16H16N4O. The van der Waals surface area contributed by atoms with Gasteiger partial charge < -0.3 is 10.1 Å². The van der Waals surface area contributed by atoms with Crippen molar-refractivity contribution < 1.29 is 4.74 Å². The van der Waals surface area contributed by atoms with Crippen molar-refractivity contribution in [3.63, 3.8) is 0 Å². The van der Waals surface area contributed by atoms with Gasteiger partial charge in [-0.1, -0.05) is 12.1 Å². The maximum atomic E-state index is 5.95. The quantitative estimate of drug-likeness (QED) is 0.801. The lowest BCUT2D eigenvalue weighted by atomic mass is 10.0. The first-order valence-corrected chi connectivity index (χ1v) is 7.17. The number of aromatic nitrogens is 3. The van der Waals surface area contributed by atoms with Crippen molar-refractivity contribution in [3.8, 4) is 5.75 Å². The van der Waals surface area contributed by atoms with E-state index in [1.165, 1.54) is 12.0 Å². The number of rotatable bonds is 3. The molecule has 106 valence electrons. The average molecular weight is 280 g/mol. The van der Waals surface area contributed by atoms with Crippen molar-refractivity contribution in [2.45, 2.75) is 19.4 Å². The van der Waals surface area contributed by atoms with Crippen LogP contribution in [0.1, 0.15) is 17.7 Å². The van der Waals surface area contributed by atoms with Crippen LogP contribution >= 0.6 is 0 Å². The van der Waals surface area contributed by atoms with Gasteiger partial charge in [-0.3, -0.25) is 4.40 Å². The minimum atomic E-state index is 0.446. The van der Waals surface area contributed by atoms with Crippen LogP contribution in [0.4, 0.5) is 5.69 Å². The Balaban J connectivity index is 1.56. The normalized spacial score (nSPS) is 13.7. The van der Waals surface area contributed by atoms with Crippen molar-refractivity contribution in [2.24, 2.45) is 0 Å². The monoisotopic (exact) mass is 280 g/mol. The second kappa shape index (κ2) is 5.09. The Morgan fingerprint density at radius 3 is 3.24 bits per heavy atom. The van der Waals surface area contributed by atoms with Crippen molar-refractivity contribution in [2.75, 3.05) is 11.9 Å². The van der Waals surface area contributed by atoms with Gasteiger partial charge >= 0.3 is 0 Å². The SMILES string of the molecule is c1cc2c(c(OCc3cn4cccnc4n3)c1)NCCC2. The van der Waals surface area contributed by atoms with Gasteiger partial charge in [0.25, 0.3) is 0 Å². The molecule has 0 amide bonds. The maximum Gasteiger partial charge on any atom is 0.234 e. The number of ether oxygens (including phenoxy) is 1. The van der Waals surface area contributed by atoms with Crippen LogP contribution in [-0.2, 0) is 13.0 Å². The molecule has 0 fully saturated rings. The lowest BCUT2D eigenvalue weighted by Crippen LogP contribution is -2.13. The second-order valence-corrected chi connectivity index (χ2v) is 5.17. The van der Waals surface area contributed by atoms with Crippen LogP contribution in [0.5, 0.6) is 5.75 Å². The smallest absolute Gasteiger partial charge is 0.234 e. The summed E-state index contributed by atoms with van der Waals surface area (Å²) in [5.41, 5.74) is 3.34. The third kappa shape index (κ3) is 2.31. The molecule has 5 nitrogen and oxygen atoms in total. The zero-order valence-corrected chi connectivity index (χ0v) is 11.6. The van der Waals surface area contributed by atoms with E-state index in [9.17, 15) is 0 Å². The molecule has 0 aliphatic carbocycles. The molecule has 0 atom stereocenters. The van der Waals surface area contributed by atoms with E-state index in [1.54, 1.807) is 6.20 Å². The van der Waals surface area contributed by atoms with Gasteiger partial charge in [-0.2, -0.15) is 0 Å². The molecule has 2 aromatic heterocycles. The molecule has 5 heteroatoms. The molecule has 0 radical (unpaired) electrons. The number of benzene rings is 1. The molecule has 4 rings (SSSR count). The minimum Gasteiger partial charge on any atom is -0.485 e. The predicted octanol–water partition coefficient (Wildman–Crippen LogP) is 2.67. The molecule has 1 aliphatic rings. The topological polar surface area (TPSA) is 51.5 Å². The molecule has 1 N–H and O–H groups in total. The third-order valence-corrected chi connectivity index (χ3v) is 3.70. The number of nitrogens with one attached hydrogen (secondary N) is 1. The Kier molecular flexibility index (Phi) is 2.96. The second-order valence-electron chi connectivity index (χ2n) is 5.17. The van der Waals surface area contributed by atoms with Crippen LogP contribution < -0.4 is 10.1 Å². The highest BCUT2D eigenvalue weighted by Gasteiger charge is 2.13. The van der Waals surface area contributed by atoms with E-state index in [0.29, 0.717) is 12.4 Å². The van der Waals surface area contributed by atoms with Crippen molar-refractivity contribution in [3.05, 3.63) is 54.1 Å². The molecule has 1 aromatic carbocycles. The standard InChI is InChI=1S/C16H16N4O/c1-4-12-5-2-7-17-15(12)14(6-1)21-11-13-10-20-9-3-8-18-16(20)19-13/h1,3-4,6,8-10,17H,2,5,7,11H2. The number of hydrogen-bond donors (Lipinski definition) is 1. The van der Waals surface area contributed by atoms with Gasteiger partial charge in [-0.15, -0.1) is 0 Å². The lowest BCUT2D eigenvalue weighted by Gasteiger charge is -2.20. The summed E-state index contributed by atoms with van der Waals surface area (Å²) in [6.07, 6.45) is 7.91. The van der Waals surface area contributed by atoms with Gasteiger partial charge in [-0.05, 0) is 30.5 Å². The van der Waals surface area contributed by atoms with E-state index in [2.05, 4.69) is 21.4 Å². The summed E-state index contributed by atoms with van der Waals surface area (Å²) in [7, 11) is 0. The summed E-state index contributed by atoms with van der Waals surface area (Å²) >= 11 is 0. The molecule has 3 heterocycles. The Bertz CT molecular complexity index is 748. The van der Waals surface area contributed by atoms with E-state index >= 15 is 0 Å². The maximum absolute atomic E-state index is 5.95. The van der Waals surface area contributed by atoms with E-state index < -0.39 is 0 Å². The van der Waals surface area contributed by atoms with Crippen LogP contribution in [0.25, 0.3) is 5.78 Å².